The van der Waals surface area contributed by atoms with Gasteiger partial charge >= 0.3 is 0 Å². The average molecular weight is 413 g/mol. The van der Waals surface area contributed by atoms with Gasteiger partial charge in [-0.1, -0.05) is 23.7 Å². The summed E-state index contributed by atoms with van der Waals surface area (Å²) in [6, 6.07) is 6.93. The fourth-order valence-corrected chi connectivity index (χ4v) is 5.04. The van der Waals surface area contributed by atoms with Crippen LogP contribution in [0.2, 0.25) is 0 Å². The van der Waals surface area contributed by atoms with E-state index in [2.05, 4.69) is 10.1 Å². The molecular formula is C18H25ClN4O3S. The van der Waals surface area contributed by atoms with E-state index in [1.807, 2.05) is 12.1 Å². The maximum absolute atomic E-state index is 12.7. The van der Waals surface area contributed by atoms with Gasteiger partial charge in [-0.25, -0.2) is 8.42 Å². The van der Waals surface area contributed by atoms with Gasteiger partial charge in [0.15, 0.2) is 5.82 Å². The molecule has 27 heavy (non-hydrogen) atoms. The molecule has 7 nitrogen and oxygen atoms in total. The molecule has 2 fully saturated rings. The van der Waals surface area contributed by atoms with Crippen molar-refractivity contribution in [2.75, 3.05) is 13.1 Å². The summed E-state index contributed by atoms with van der Waals surface area (Å²) in [5, 5.41) is 4.01. The van der Waals surface area contributed by atoms with E-state index in [0.717, 1.165) is 44.1 Å². The lowest BCUT2D eigenvalue weighted by molar-refractivity contribution is 0.229. The molecular weight excluding hydrogens is 388 g/mol. The van der Waals surface area contributed by atoms with Gasteiger partial charge in [-0.05, 0) is 49.8 Å². The molecule has 1 aromatic carbocycles. The summed E-state index contributed by atoms with van der Waals surface area (Å²) in [4.78, 5) is 4.75. The minimum atomic E-state index is -3.40. The smallest absolute Gasteiger partial charge is 0.243 e. The second-order valence-electron chi connectivity index (χ2n) is 7.31. The van der Waals surface area contributed by atoms with Gasteiger partial charge in [0, 0.05) is 13.1 Å². The molecule has 4 rings (SSSR count). The van der Waals surface area contributed by atoms with Crippen LogP contribution in [-0.4, -0.2) is 36.0 Å². The standard InChI is InChI=1S/C18H24N4O3S.ClH/c19-18(9-4-10-18)17-20-16(25-21-17)13-14-5-7-15(8-6-14)26(23,24)22-11-2-1-3-12-22;/h5-8H,1-4,9-13,19H2;1H. The molecule has 9 heteroatoms. The Morgan fingerprint density at radius 2 is 1.74 bits per heavy atom. The SMILES string of the molecule is Cl.NC1(c2noc(Cc3ccc(S(=O)(=O)N4CCCCC4)cc3)n2)CCC1. The van der Waals surface area contributed by atoms with Gasteiger partial charge < -0.3 is 10.3 Å². The van der Waals surface area contributed by atoms with E-state index in [1.54, 1.807) is 16.4 Å². The van der Waals surface area contributed by atoms with Crippen molar-refractivity contribution in [3.8, 4) is 0 Å². The van der Waals surface area contributed by atoms with Crippen LogP contribution in [0.15, 0.2) is 33.7 Å². The van der Waals surface area contributed by atoms with Crippen LogP contribution in [-0.2, 0) is 22.0 Å². The molecule has 2 N–H and O–H groups in total. The van der Waals surface area contributed by atoms with Gasteiger partial charge in [0.1, 0.15) is 0 Å². The lowest BCUT2D eigenvalue weighted by atomic mass is 9.77. The summed E-state index contributed by atoms with van der Waals surface area (Å²) >= 11 is 0. The molecule has 0 spiro atoms. The highest BCUT2D eigenvalue weighted by Gasteiger charge is 2.39. The maximum atomic E-state index is 12.7. The lowest BCUT2D eigenvalue weighted by Crippen LogP contribution is -2.44. The molecule has 2 heterocycles. The number of piperidine rings is 1. The highest BCUT2D eigenvalue weighted by molar-refractivity contribution is 7.89. The fraction of sp³-hybridized carbons (Fsp3) is 0.556. The van der Waals surface area contributed by atoms with E-state index in [9.17, 15) is 8.42 Å². The molecule has 0 atom stereocenters. The molecule has 1 aliphatic heterocycles. The molecule has 1 saturated carbocycles. The number of halogens is 1. The van der Waals surface area contributed by atoms with Crippen LogP contribution < -0.4 is 5.73 Å². The zero-order chi connectivity index (χ0) is 18.2. The minimum absolute atomic E-state index is 0. The second-order valence-corrected chi connectivity index (χ2v) is 9.24. The summed E-state index contributed by atoms with van der Waals surface area (Å²) in [7, 11) is -3.40. The average Bonchev–Trinajstić information content (AvgIpc) is 3.10. The van der Waals surface area contributed by atoms with Gasteiger partial charge in [-0.2, -0.15) is 9.29 Å². The minimum Gasteiger partial charge on any atom is -0.339 e. The van der Waals surface area contributed by atoms with Crippen LogP contribution in [0, 0.1) is 0 Å². The number of aromatic nitrogens is 2. The quantitative estimate of drug-likeness (QED) is 0.809. The predicted octanol–water partition coefficient (Wildman–Crippen LogP) is 2.59. The Kier molecular flexibility index (Phi) is 5.90. The Morgan fingerprint density at radius 1 is 1.07 bits per heavy atom. The first-order chi connectivity index (χ1) is 12.5. The number of nitrogens with two attached hydrogens (primary N) is 1. The molecule has 0 amide bonds. The van der Waals surface area contributed by atoms with Gasteiger partial charge in [0.05, 0.1) is 16.9 Å². The molecule has 1 aromatic heterocycles. The van der Waals surface area contributed by atoms with Crippen molar-refractivity contribution in [2.45, 2.75) is 55.4 Å². The highest BCUT2D eigenvalue weighted by Crippen LogP contribution is 2.37. The molecule has 2 aromatic rings. The second kappa shape index (κ2) is 7.87. The zero-order valence-electron chi connectivity index (χ0n) is 15.1. The van der Waals surface area contributed by atoms with Crippen molar-refractivity contribution in [1.29, 1.82) is 0 Å². The Hall–Kier alpha value is -1.48. The molecule has 1 aliphatic carbocycles. The van der Waals surface area contributed by atoms with Gasteiger partial charge in [-0.15, -0.1) is 12.4 Å². The largest absolute Gasteiger partial charge is 0.339 e. The molecule has 0 bridgehead atoms. The lowest BCUT2D eigenvalue weighted by Gasteiger charge is -2.34. The summed E-state index contributed by atoms with van der Waals surface area (Å²) in [5.74, 6) is 1.08. The van der Waals surface area contributed by atoms with Crippen molar-refractivity contribution in [3.05, 3.63) is 41.5 Å². The van der Waals surface area contributed by atoms with E-state index in [1.165, 1.54) is 0 Å². The van der Waals surface area contributed by atoms with Gasteiger partial charge in [0.2, 0.25) is 15.9 Å². The molecule has 2 aliphatic rings. The van der Waals surface area contributed by atoms with Crippen molar-refractivity contribution in [3.63, 3.8) is 0 Å². The van der Waals surface area contributed by atoms with Crippen LogP contribution in [0.1, 0.15) is 55.8 Å². The first-order valence-corrected chi connectivity index (χ1v) is 10.6. The van der Waals surface area contributed by atoms with Gasteiger partial charge in [-0.3, -0.25) is 0 Å². The van der Waals surface area contributed by atoms with E-state index in [0.29, 0.717) is 36.1 Å². The molecule has 0 unspecified atom stereocenters. The van der Waals surface area contributed by atoms with E-state index >= 15 is 0 Å². The fourth-order valence-electron chi connectivity index (χ4n) is 3.52. The monoisotopic (exact) mass is 412 g/mol. The van der Waals surface area contributed by atoms with Crippen molar-refractivity contribution < 1.29 is 12.9 Å². The third-order valence-electron chi connectivity index (χ3n) is 5.39. The third-order valence-corrected chi connectivity index (χ3v) is 7.30. The Balaban J connectivity index is 0.00000210. The van der Waals surface area contributed by atoms with Crippen LogP contribution in [0.5, 0.6) is 0 Å². The van der Waals surface area contributed by atoms with E-state index < -0.39 is 15.6 Å². The number of sulfonamides is 1. The number of hydrogen-bond donors (Lipinski definition) is 1. The number of nitrogens with zero attached hydrogens (tertiary/aromatic N) is 3. The third kappa shape index (κ3) is 4.03. The predicted molar refractivity (Wildman–Crippen MR) is 103 cm³/mol. The first kappa shape index (κ1) is 20.3. The zero-order valence-corrected chi connectivity index (χ0v) is 16.8. The van der Waals surface area contributed by atoms with Crippen molar-refractivity contribution >= 4 is 22.4 Å². The van der Waals surface area contributed by atoms with Crippen LogP contribution >= 0.6 is 12.4 Å². The van der Waals surface area contributed by atoms with Crippen LogP contribution in [0.3, 0.4) is 0 Å². The Morgan fingerprint density at radius 3 is 2.33 bits per heavy atom. The molecule has 148 valence electrons. The number of benzene rings is 1. The maximum Gasteiger partial charge on any atom is 0.243 e. The highest BCUT2D eigenvalue weighted by atomic mass is 35.5. The van der Waals surface area contributed by atoms with Crippen molar-refractivity contribution in [2.24, 2.45) is 5.73 Å². The first-order valence-electron chi connectivity index (χ1n) is 9.18. The van der Waals surface area contributed by atoms with E-state index in [4.69, 9.17) is 10.3 Å². The van der Waals surface area contributed by atoms with E-state index in [-0.39, 0.29) is 12.4 Å². The summed E-state index contributed by atoms with van der Waals surface area (Å²) < 4.78 is 32.3. The number of rotatable bonds is 5. The van der Waals surface area contributed by atoms with Crippen LogP contribution in [0.4, 0.5) is 0 Å². The topological polar surface area (TPSA) is 102 Å². The van der Waals surface area contributed by atoms with Gasteiger partial charge in [0.25, 0.3) is 0 Å². The normalized spacial score (nSPS) is 19.9. The Bertz CT molecular complexity index is 872. The summed E-state index contributed by atoms with van der Waals surface area (Å²) in [6.45, 7) is 1.21. The molecule has 1 saturated heterocycles. The summed E-state index contributed by atoms with van der Waals surface area (Å²) in [5.41, 5.74) is 6.70. The number of hydrogen-bond acceptors (Lipinski definition) is 6. The molecule has 0 radical (unpaired) electrons. The Labute approximate surface area is 165 Å². The van der Waals surface area contributed by atoms with Crippen molar-refractivity contribution in [1.82, 2.24) is 14.4 Å². The summed E-state index contributed by atoms with van der Waals surface area (Å²) in [6.07, 6.45) is 6.28. The van der Waals surface area contributed by atoms with Crippen LogP contribution in [0.25, 0.3) is 0 Å².